The van der Waals surface area contributed by atoms with Crippen molar-refractivity contribution in [3.8, 4) is 0 Å². The van der Waals surface area contributed by atoms with Gasteiger partial charge in [-0.25, -0.2) is 0 Å². The van der Waals surface area contributed by atoms with Gasteiger partial charge in [-0.05, 0) is 44.1 Å². The van der Waals surface area contributed by atoms with Gasteiger partial charge < -0.3 is 15.6 Å². The van der Waals surface area contributed by atoms with Gasteiger partial charge in [0.05, 0.1) is 6.04 Å². The maximum atomic E-state index is 12.6. The molecule has 134 valence electrons. The van der Waals surface area contributed by atoms with Gasteiger partial charge in [-0.15, -0.1) is 0 Å². The molecule has 5 nitrogen and oxygen atoms in total. The normalized spacial score (nSPS) is 16.4. The highest BCUT2D eigenvalue weighted by atomic mass is 16.5. The van der Waals surface area contributed by atoms with E-state index in [4.69, 9.17) is 10.3 Å². The number of benzene rings is 1. The third-order valence-electron chi connectivity index (χ3n) is 4.84. The molecule has 1 fully saturated rings. The number of nitrogens with two attached hydrogens (primary N) is 1. The molecule has 0 saturated heterocycles. The van der Waals surface area contributed by atoms with E-state index in [0.29, 0.717) is 11.6 Å². The van der Waals surface area contributed by atoms with Crippen LogP contribution in [-0.2, 0) is 0 Å². The Morgan fingerprint density at radius 1 is 1.32 bits per heavy atom. The molecule has 2 unspecified atom stereocenters. The van der Waals surface area contributed by atoms with Crippen molar-refractivity contribution >= 4 is 5.91 Å². The summed E-state index contributed by atoms with van der Waals surface area (Å²) in [6.45, 7) is 2.10. The Morgan fingerprint density at radius 2 is 2.08 bits per heavy atom. The smallest absolute Gasteiger partial charge is 0.273 e. The molecular formula is C20H27N3O2. The van der Waals surface area contributed by atoms with Crippen molar-refractivity contribution in [2.24, 2.45) is 5.73 Å². The third kappa shape index (κ3) is 4.92. The maximum Gasteiger partial charge on any atom is 0.273 e. The summed E-state index contributed by atoms with van der Waals surface area (Å²) in [5, 5.41) is 7.05. The second kappa shape index (κ2) is 8.30. The number of rotatable bonds is 9. The Balaban J connectivity index is 1.64. The summed E-state index contributed by atoms with van der Waals surface area (Å²) in [6.07, 6.45) is 6.02. The Morgan fingerprint density at radius 3 is 2.76 bits per heavy atom. The van der Waals surface area contributed by atoms with Crippen LogP contribution < -0.4 is 11.1 Å². The van der Waals surface area contributed by atoms with Crippen LogP contribution in [0.4, 0.5) is 0 Å². The largest absolute Gasteiger partial charge is 0.360 e. The van der Waals surface area contributed by atoms with Crippen LogP contribution in [0, 0.1) is 0 Å². The minimum absolute atomic E-state index is 0.0427. The van der Waals surface area contributed by atoms with Gasteiger partial charge in [-0.1, -0.05) is 42.4 Å². The molecule has 2 aromatic rings. The highest BCUT2D eigenvalue weighted by Gasteiger charge is 2.29. The van der Waals surface area contributed by atoms with E-state index in [0.717, 1.165) is 49.8 Å². The molecule has 1 heterocycles. The van der Waals surface area contributed by atoms with Gasteiger partial charge in [-0.2, -0.15) is 0 Å². The lowest BCUT2D eigenvalue weighted by Crippen LogP contribution is -2.29. The van der Waals surface area contributed by atoms with E-state index in [2.05, 4.69) is 17.4 Å². The maximum absolute atomic E-state index is 12.6. The van der Waals surface area contributed by atoms with E-state index in [9.17, 15) is 4.79 Å². The monoisotopic (exact) mass is 341 g/mol. The molecule has 1 aliphatic carbocycles. The van der Waals surface area contributed by atoms with Crippen LogP contribution in [0.25, 0.3) is 0 Å². The average Bonchev–Trinajstić information content (AvgIpc) is 3.38. The van der Waals surface area contributed by atoms with Crippen molar-refractivity contribution < 1.29 is 9.32 Å². The number of carbonyl (C=O) groups excluding carboxylic acids is 1. The number of nitrogens with one attached hydrogen (secondary N) is 1. The molecule has 5 heteroatoms. The molecule has 3 rings (SSSR count). The number of carbonyl (C=O) groups is 1. The molecule has 2 atom stereocenters. The zero-order valence-electron chi connectivity index (χ0n) is 14.8. The zero-order valence-corrected chi connectivity index (χ0v) is 14.8. The van der Waals surface area contributed by atoms with E-state index in [1.165, 1.54) is 0 Å². The molecule has 1 aromatic heterocycles. The minimum Gasteiger partial charge on any atom is -0.360 e. The average molecular weight is 341 g/mol. The predicted octanol–water partition coefficient (Wildman–Crippen LogP) is 3.93. The van der Waals surface area contributed by atoms with Crippen LogP contribution in [0.5, 0.6) is 0 Å². The summed E-state index contributed by atoms with van der Waals surface area (Å²) >= 11 is 0. The van der Waals surface area contributed by atoms with E-state index >= 15 is 0 Å². The fourth-order valence-corrected chi connectivity index (χ4v) is 2.98. The van der Waals surface area contributed by atoms with Crippen molar-refractivity contribution in [1.29, 1.82) is 0 Å². The van der Waals surface area contributed by atoms with Gasteiger partial charge in [0.2, 0.25) is 0 Å². The summed E-state index contributed by atoms with van der Waals surface area (Å²) in [6, 6.07) is 12.0. The molecule has 1 amide bonds. The first kappa shape index (κ1) is 17.7. The standard InChI is InChI=1S/C20H27N3O2/c1-2-16(21)9-6-10-17(14-7-4-3-5-8-14)22-20(24)18-13-19(25-23-18)15-11-12-15/h3-5,7-8,13,15-17H,2,6,9-12,21H2,1H3,(H,22,24). The second-order valence-electron chi connectivity index (χ2n) is 6.92. The molecule has 1 saturated carbocycles. The van der Waals surface area contributed by atoms with Crippen molar-refractivity contribution in [3.05, 3.63) is 53.4 Å². The van der Waals surface area contributed by atoms with Crippen LogP contribution in [-0.4, -0.2) is 17.1 Å². The van der Waals surface area contributed by atoms with Gasteiger partial charge in [0.25, 0.3) is 5.91 Å². The first-order valence-electron chi connectivity index (χ1n) is 9.25. The summed E-state index contributed by atoms with van der Waals surface area (Å²) < 4.78 is 5.30. The summed E-state index contributed by atoms with van der Waals surface area (Å²) in [5.74, 6) is 1.11. The number of nitrogens with zero attached hydrogens (tertiary/aromatic N) is 1. The van der Waals surface area contributed by atoms with Crippen molar-refractivity contribution in [2.75, 3.05) is 0 Å². The van der Waals surface area contributed by atoms with Crippen LogP contribution in [0.3, 0.4) is 0 Å². The lowest BCUT2D eigenvalue weighted by Gasteiger charge is -2.19. The van der Waals surface area contributed by atoms with Gasteiger partial charge >= 0.3 is 0 Å². The third-order valence-corrected chi connectivity index (χ3v) is 4.84. The van der Waals surface area contributed by atoms with E-state index < -0.39 is 0 Å². The first-order valence-corrected chi connectivity index (χ1v) is 9.25. The summed E-state index contributed by atoms with van der Waals surface area (Å²) in [7, 11) is 0. The Bertz CT molecular complexity index is 679. The van der Waals surface area contributed by atoms with Crippen molar-refractivity contribution in [3.63, 3.8) is 0 Å². The summed E-state index contributed by atoms with van der Waals surface area (Å²) in [5.41, 5.74) is 7.49. The Labute approximate surface area is 149 Å². The highest BCUT2D eigenvalue weighted by molar-refractivity contribution is 5.92. The first-order chi connectivity index (χ1) is 12.2. The SMILES string of the molecule is CCC(N)CCCC(NC(=O)c1cc(C2CC2)on1)c1ccccc1. The molecule has 25 heavy (non-hydrogen) atoms. The molecule has 0 spiro atoms. The molecule has 0 bridgehead atoms. The van der Waals surface area contributed by atoms with Crippen LogP contribution in [0.15, 0.2) is 40.9 Å². The molecule has 0 radical (unpaired) electrons. The highest BCUT2D eigenvalue weighted by Crippen LogP contribution is 2.40. The number of hydrogen-bond donors (Lipinski definition) is 2. The fourth-order valence-electron chi connectivity index (χ4n) is 2.98. The fraction of sp³-hybridized carbons (Fsp3) is 0.500. The quantitative estimate of drug-likeness (QED) is 0.724. The minimum atomic E-state index is -0.177. The van der Waals surface area contributed by atoms with Crippen LogP contribution in [0.1, 0.15) is 79.2 Å². The zero-order chi connectivity index (χ0) is 17.6. The van der Waals surface area contributed by atoms with E-state index in [-0.39, 0.29) is 18.0 Å². The second-order valence-corrected chi connectivity index (χ2v) is 6.92. The van der Waals surface area contributed by atoms with Crippen LogP contribution >= 0.6 is 0 Å². The number of amides is 1. The Kier molecular flexibility index (Phi) is 5.87. The van der Waals surface area contributed by atoms with Crippen LogP contribution in [0.2, 0.25) is 0 Å². The molecule has 0 aliphatic heterocycles. The van der Waals surface area contributed by atoms with E-state index in [1.807, 2.05) is 30.3 Å². The van der Waals surface area contributed by atoms with Gasteiger partial charge in [0.1, 0.15) is 5.76 Å². The lowest BCUT2D eigenvalue weighted by atomic mass is 9.98. The molecule has 1 aliphatic rings. The van der Waals surface area contributed by atoms with Crippen molar-refractivity contribution in [2.45, 2.75) is 63.5 Å². The van der Waals surface area contributed by atoms with Gasteiger partial charge in [0.15, 0.2) is 5.69 Å². The number of aromatic nitrogens is 1. The Hall–Kier alpha value is -2.14. The van der Waals surface area contributed by atoms with Gasteiger partial charge in [-0.3, -0.25) is 4.79 Å². The number of hydrogen-bond acceptors (Lipinski definition) is 4. The predicted molar refractivity (Wildman–Crippen MR) is 97.2 cm³/mol. The van der Waals surface area contributed by atoms with Crippen molar-refractivity contribution in [1.82, 2.24) is 10.5 Å². The lowest BCUT2D eigenvalue weighted by molar-refractivity contribution is 0.0924. The van der Waals surface area contributed by atoms with E-state index in [1.54, 1.807) is 6.07 Å². The van der Waals surface area contributed by atoms with Gasteiger partial charge in [0, 0.05) is 18.0 Å². The summed E-state index contributed by atoms with van der Waals surface area (Å²) in [4.78, 5) is 12.6. The molecule has 1 aromatic carbocycles. The molecule has 3 N–H and O–H groups in total. The topological polar surface area (TPSA) is 81.1 Å². The molecular weight excluding hydrogens is 314 g/mol.